The van der Waals surface area contributed by atoms with Crippen molar-refractivity contribution in [2.24, 2.45) is 5.41 Å². The van der Waals surface area contributed by atoms with E-state index in [1.165, 1.54) is 0 Å². The quantitative estimate of drug-likeness (QED) is 0.640. The Labute approximate surface area is 174 Å². The fourth-order valence-corrected chi connectivity index (χ4v) is 3.16. The minimum Gasteiger partial charge on any atom is -0.351 e. The number of carbonyl (C=O) groups is 2. The Hall–Kier alpha value is -2.66. The summed E-state index contributed by atoms with van der Waals surface area (Å²) in [5.41, 5.74) is 1.87. The second-order valence-corrected chi connectivity index (χ2v) is 7.86. The van der Waals surface area contributed by atoms with Crippen LogP contribution in [0, 0.1) is 5.41 Å². The predicted molar refractivity (Wildman–Crippen MR) is 119 cm³/mol. The maximum atomic E-state index is 12.7. The van der Waals surface area contributed by atoms with Gasteiger partial charge in [-0.15, -0.1) is 0 Å². The Morgan fingerprint density at radius 1 is 0.931 bits per heavy atom. The van der Waals surface area contributed by atoms with E-state index < -0.39 is 5.41 Å². The van der Waals surface area contributed by atoms with Crippen LogP contribution in [0.5, 0.6) is 0 Å². The van der Waals surface area contributed by atoms with Gasteiger partial charge in [-0.1, -0.05) is 58.0 Å². The van der Waals surface area contributed by atoms with Crippen LogP contribution < -0.4 is 10.6 Å². The van der Waals surface area contributed by atoms with Gasteiger partial charge in [0.1, 0.15) is 0 Å². The average molecular weight is 396 g/mol. The normalized spacial score (nSPS) is 11.3. The van der Waals surface area contributed by atoms with Gasteiger partial charge < -0.3 is 15.5 Å². The van der Waals surface area contributed by atoms with E-state index in [4.69, 9.17) is 0 Å². The number of amides is 2. The molecule has 0 saturated heterocycles. The third-order valence-electron chi connectivity index (χ3n) is 5.12. The molecule has 2 aromatic carbocycles. The van der Waals surface area contributed by atoms with Gasteiger partial charge in [0, 0.05) is 29.8 Å². The van der Waals surface area contributed by atoms with Crippen molar-refractivity contribution in [3.8, 4) is 0 Å². The lowest BCUT2D eigenvalue weighted by atomic mass is 9.84. The molecule has 29 heavy (non-hydrogen) atoms. The number of hydrogen-bond acceptors (Lipinski definition) is 3. The van der Waals surface area contributed by atoms with Gasteiger partial charge >= 0.3 is 0 Å². The predicted octanol–water partition coefficient (Wildman–Crippen LogP) is 3.97. The van der Waals surface area contributed by atoms with Gasteiger partial charge in [0.05, 0.1) is 0 Å². The Morgan fingerprint density at radius 3 is 2.14 bits per heavy atom. The highest BCUT2D eigenvalue weighted by Gasteiger charge is 2.28. The number of likely N-dealkylation sites (N-methyl/N-ethyl adjacent to an activating group) is 1. The fraction of sp³-hybridized carbons (Fsp3) is 0.417. The molecule has 0 aliphatic carbocycles. The van der Waals surface area contributed by atoms with Crippen molar-refractivity contribution in [3.05, 3.63) is 65.7 Å². The van der Waals surface area contributed by atoms with E-state index in [1.54, 1.807) is 24.3 Å². The van der Waals surface area contributed by atoms with Gasteiger partial charge in [-0.05, 0) is 49.3 Å². The molecule has 156 valence electrons. The third kappa shape index (κ3) is 7.02. The van der Waals surface area contributed by atoms with Gasteiger partial charge in [0.2, 0.25) is 5.91 Å². The van der Waals surface area contributed by atoms with Crippen molar-refractivity contribution in [1.29, 1.82) is 0 Å². The zero-order valence-corrected chi connectivity index (χ0v) is 18.0. The first-order valence-electron chi connectivity index (χ1n) is 10.3. The summed E-state index contributed by atoms with van der Waals surface area (Å²) in [6.45, 7) is 11.5. The summed E-state index contributed by atoms with van der Waals surface area (Å²) in [5, 5.41) is 5.91. The van der Waals surface area contributed by atoms with Crippen molar-refractivity contribution < 1.29 is 9.59 Å². The van der Waals surface area contributed by atoms with Crippen LogP contribution in [-0.4, -0.2) is 42.9 Å². The number of hydrogen-bond donors (Lipinski definition) is 2. The highest BCUT2D eigenvalue weighted by molar-refractivity contribution is 5.97. The van der Waals surface area contributed by atoms with Crippen LogP contribution in [0.15, 0.2) is 54.6 Å². The van der Waals surface area contributed by atoms with E-state index in [2.05, 4.69) is 29.4 Å². The molecule has 0 fully saturated rings. The lowest BCUT2D eigenvalue weighted by Crippen LogP contribution is -2.34. The molecular formula is C24H33N3O2. The van der Waals surface area contributed by atoms with E-state index >= 15 is 0 Å². The SMILES string of the molecule is CCN(CC)CCNC(=O)c1ccc(NC(=O)C(C)(C)Cc2ccccc2)cc1. The van der Waals surface area contributed by atoms with Crippen molar-refractivity contribution in [2.45, 2.75) is 34.1 Å². The van der Waals surface area contributed by atoms with Crippen molar-refractivity contribution in [1.82, 2.24) is 10.2 Å². The van der Waals surface area contributed by atoms with E-state index in [9.17, 15) is 9.59 Å². The summed E-state index contributed by atoms with van der Waals surface area (Å²) in [6, 6.07) is 17.0. The summed E-state index contributed by atoms with van der Waals surface area (Å²) in [7, 11) is 0. The topological polar surface area (TPSA) is 61.4 Å². The summed E-state index contributed by atoms with van der Waals surface area (Å²) in [5.74, 6) is -0.141. The van der Waals surface area contributed by atoms with Crippen LogP contribution in [0.1, 0.15) is 43.6 Å². The number of carbonyl (C=O) groups excluding carboxylic acids is 2. The smallest absolute Gasteiger partial charge is 0.251 e. The molecule has 5 heteroatoms. The van der Waals surface area contributed by atoms with Gasteiger partial charge in [0.15, 0.2) is 0 Å². The number of benzene rings is 2. The van der Waals surface area contributed by atoms with Gasteiger partial charge in [-0.25, -0.2) is 0 Å². The lowest BCUT2D eigenvalue weighted by molar-refractivity contribution is -0.123. The number of nitrogens with one attached hydrogen (secondary N) is 2. The summed E-state index contributed by atoms with van der Waals surface area (Å²) >= 11 is 0. The molecule has 0 aliphatic rings. The third-order valence-corrected chi connectivity index (χ3v) is 5.12. The Kier molecular flexibility index (Phi) is 8.40. The second-order valence-electron chi connectivity index (χ2n) is 7.86. The zero-order chi connectivity index (χ0) is 21.3. The molecule has 2 rings (SSSR count). The number of rotatable bonds is 10. The maximum absolute atomic E-state index is 12.7. The first-order valence-corrected chi connectivity index (χ1v) is 10.3. The summed E-state index contributed by atoms with van der Waals surface area (Å²) in [4.78, 5) is 27.3. The van der Waals surface area contributed by atoms with Gasteiger partial charge in [0.25, 0.3) is 5.91 Å². The van der Waals surface area contributed by atoms with Gasteiger partial charge in [-0.2, -0.15) is 0 Å². The molecule has 5 nitrogen and oxygen atoms in total. The van der Waals surface area contributed by atoms with Crippen LogP contribution in [0.25, 0.3) is 0 Å². The first kappa shape index (κ1) is 22.6. The van der Waals surface area contributed by atoms with E-state index in [-0.39, 0.29) is 11.8 Å². The van der Waals surface area contributed by atoms with Crippen LogP contribution >= 0.6 is 0 Å². The molecule has 2 N–H and O–H groups in total. The maximum Gasteiger partial charge on any atom is 0.251 e. The second kappa shape index (κ2) is 10.8. The molecule has 0 radical (unpaired) electrons. The Balaban J connectivity index is 1.89. The molecule has 0 saturated carbocycles. The highest BCUT2D eigenvalue weighted by atomic mass is 16.2. The number of nitrogens with zero attached hydrogens (tertiary/aromatic N) is 1. The molecule has 0 aliphatic heterocycles. The molecule has 0 heterocycles. The fourth-order valence-electron chi connectivity index (χ4n) is 3.16. The molecule has 2 amide bonds. The van der Waals surface area contributed by atoms with E-state index in [1.807, 2.05) is 44.2 Å². The Bertz CT molecular complexity index is 782. The molecule has 0 atom stereocenters. The van der Waals surface area contributed by atoms with Crippen LogP contribution in [0.2, 0.25) is 0 Å². The molecule has 0 aromatic heterocycles. The minimum absolute atomic E-state index is 0.0437. The standard InChI is InChI=1S/C24H33N3O2/c1-5-27(6-2)17-16-25-22(28)20-12-14-21(15-13-20)26-23(29)24(3,4)18-19-10-8-7-9-11-19/h7-15H,5-6,16-18H2,1-4H3,(H,25,28)(H,26,29). The molecule has 0 spiro atoms. The molecular weight excluding hydrogens is 362 g/mol. The van der Waals surface area contributed by atoms with Gasteiger partial charge in [-0.3, -0.25) is 9.59 Å². The van der Waals surface area contributed by atoms with Crippen molar-refractivity contribution in [2.75, 3.05) is 31.5 Å². The minimum atomic E-state index is -0.540. The lowest BCUT2D eigenvalue weighted by Gasteiger charge is -2.23. The van der Waals surface area contributed by atoms with Crippen LogP contribution in [0.4, 0.5) is 5.69 Å². The molecule has 0 bridgehead atoms. The highest BCUT2D eigenvalue weighted by Crippen LogP contribution is 2.24. The monoisotopic (exact) mass is 395 g/mol. The van der Waals surface area contributed by atoms with E-state index in [0.717, 1.165) is 25.2 Å². The summed E-state index contributed by atoms with van der Waals surface area (Å²) in [6.07, 6.45) is 0.659. The number of anilines is 1. The van der Waals surface area contributed by atoms with Crippen molar-refractivity contribution in [3.63, 3.8) is 0 Å². The Morgan fingerprint density at radius 2 is 1.55 bits per heavy atom. The van der Waals surface area contributed by atoms with Crippen LogP contribution in [0.3, 0.4) is 0 Å². The molecule has 2 aromatic rings. The average Bonchev–Trinajstić information content (AvgIpc) is 2.72. The first-order chi connectivity index (χ1) is 13.9. The largest absolute Gasteiger partial charge is 0.351 e. The van der Waals surface area contributed by atoms with Crippen LogP contribution in [-0.2, 0) is 11.2 Å². The van der Waals surface area contributed by atoms with E-state index in [0.29, 0.717) is 24.2 Å². The summed E-state index contributed by atoms with van der Waals surface area (Å²) < 4.78 is 0. The zero-order valence-electron chi connectivity index (χ0n) is 18.0. The van der Waals surface area contributed by atoms with Crippen molar-refractivity contribution >= 4 is 17.5 Å². The molecule has 0 unspecified atom stereocenters.